The van der Waals surface area contributed by atoms with E-state index in [4.69, 9.17) is 4.74 Å². The molecule has 19 heavy (non-hydrogen) atoms. The van der Waals surface area contributed by atoms with E-state index in [2.05, 4.69) is 53.2 Å². The van der Waals surface area contributed by atoms with Gasteiger partial charge in [0, 0.05) is 9.75 Å². The smallest absolute Gasteiger partial charge is 0.122 e. The van der Waals surface area contributed by atoms with Crippen LogP contribution in [0.3, 0.4) is 0 Å². The first-order valence-electron chi connectivity index (χ1n) is 6.76. The van der Waals surface area contributed by atoms with Crippen LogP contribution >= 0.6 is 27.3 Å². The summed E-state index contributed by atoms with van der Waals surface area (Å²) in [6, 6.07) is 11.1. The van der Waals surface area contributed by atoms with Crippen LogP contribution in [0.15, 0.2) is 30.3 Å². The quantitative estimate of drug-likeness (QED) is 0.707. The van der Waals surface area contributed by atoms with E-state index in [0.29, 0.717) is 4.83 Å². The number of fused-ring (bicyclic) bond motifs is 1. The van der Waals surface area contributed by atoms with Crippen molar-refractivity contribution in [2.75, 3.05) is 6.61 Å². The minimum atomic E-state index is 0.296. The van der Waals surface area contributed by atoms with Gasteiger partial charge in [0.15, 0.2) is 0 Å². The molecule has 0 saturated heterocycles. The molecule has 1 aromatic carbocycles. The highest BCUT2D eigenvalue weighted by Gasteiger charge is 2.16. The lowest BCUT2D eigenvalue weighted by atomic mass is 10.0. The molecular weight excluding hydrogens is 320 g/mol. The Kier molecular flexibility index (Phi) is 3.94. The number of halogens is 1. The molecule has 3 rings (SSSR count). The van der Waals surface area contributed by atoms with Gasteiger partial charge in [-0.05, 0) is 48.6 Å². The van der Waals surface area contributed by atoms with Crippen LogP contribution in [0.5, 0.6) is 5.75 Å². The monoisotopic (exact) mass is 336 g/mol. The summed E-state index contributed by atoms with van der Waals surface area (Å²) in [5.74, 6) is 1.06. The second-order valence-corrected chi connectivity index (χ2v) is 6.95. The van der Waals surface area contributed by atoms with Gasteiger partial charge in [-0.3, -0.25) is 0 Å². The van der Waals surface area contributed by atoms with Crippen LogP contribution in [-0.4, -0.2) is 6.61 Å². The summed E-state index contributed by atoms with van der Waals surface area (Å²) in [5, 5.41) is 0. The second-order valence-electron chi connectivity index (χ2n) is 4.84. The van der Waals surface area contributed by atoms with Crippen molar-refractivity contribution in [2.45, 2.75) is 31.0 Å². The van der Waals surface area contributed by atoms with Crippen LogP contribution in [-0.2, 0) is 12.8 Å². The highest BCUT2D eigenvalue weighted by molar-refractivity contribution is 9.09. The maximum absolute atomic E-state index is 5.67. The van der Waals surface area contributed by atoms with Gasteiger partial charge in [0.05, 0.1) is 11.4 Å². The van der Waals surface area contributed by atoms with Crippen LogP contribution in [0.25, 0.3) is 0 Å². The van der Waals surface area contributed by atoms with Gasteiger partial charge in [0.2, 0.25) is 0 Å². The molecule has 0 fully saturated rings. The van der Waals surface area contributed by atoms with E-state index < -0.39 is 0 Å². The number of hydrogen-bond donors (Lipinski definition) is 0. The summed E-state index contributed by atoms with van der Waals surface area (Å²) >= 11 is 5.73. The molecule has 2 heterocycles. The minimum absolute atomic E-state index is 0.296. The number of alkyl halides is 1. The van der Waals surface area contributed by atoms with Crippen molar-refractivity contribution in [2.24, 2.45) is 0 Å². The molecule has 0 bridgehead atoms. The first kappa shape index (κ1) is 13.2. The van der Waals surface area contributed by atoms with E-state index in [1.165, 1.54) is 20.9 Å². The summed E-state index contributed by atoms with van der Waals surface area (Å²) in [6.45, 7) is 3.06. The Bertz CT molecular complexity index is 576. The predicted molar refractivity (Wildman–Crippen MR) is 84.7 cm³/mol. The van der Waals surface area contributed by atoms with E-state index >= 15 is 0 Å². The fourth-order valence-corrected chi connectivity index (χ4v) is 4.10. The highest BCUT2D eigenvalue weighted by atomic mass is 79.9. The zero-order chi connectivity index (χ0) is 13.2. The normalized spacial score (nSPS) is 15.7. The average Bonchev–Trinajstić information content (AvgIpc) is 2.95. The van der Waals surface area contributed by atoms with Crippen molar-refractivity contribution in [3.63, 3.8) is 0 Å². The van der Waals surface area contributed by atoms with Crippen molar-refractivity contribution in [1.29, 1.82) is 0 Å². The standard InChI is InChI=1S/C16H17BrOS/c1-2-13-6-8-15(19-13)16(17)12-5-7-14-11(10-12)4-3-9-18-14/h5-8,10,16H,2-4,9H2,1H3. The Balaban J connectivity index is 1.88. The number of aryl methyl sites for hydroxylation is 2. The summed E-state index contributed by atoms with van der Waals surface area (Å²) < 4.78 is 5.67. The maximum Gasteiger partial charge on any atom is 0.122 e. The Labute approximate surface area is 126 Å². The highest BCUT2D eigenvalue weighted by Crippen LogP contribution is 2.37. The van der Waals surface area contributed by atoms with Gasteiger partial charge in [-0.15, -0.1) is 11.3 Å². The van der Waals surface area contributed by atoms with Crippen LogP contribution in [0.4, 0.5) is 0 Å². The molecule has 0 saturated carbocycles. The van der Waals surface area contributed by atoms with Gasteiger partial charge in [-0.25, -0.2) is 0 Å². The number of ether oxygens (including phenoxy) is 1. The average molecular weight is 337 g/mol. The molecule has 3 heteroatoms. The molecule has 0 amide bonds. The molecule has 1 atom stereocenters. The van der Waals surface area contributed by atoms with Gasteiger partial charge in [0.25, 0.3) is 0 Å². The summed E-state index contributed by atoms with van der Waals surface area (Å²) in [7, 11) is 0. The van der Waals surface area contributed by atoms with Gasteiger partial charge >= 0.3 is 0 Å². The lowest BCUT2D eigenvalue weighted by molar-refractivity contribution is 0.288. The fourth-order valence-electron chi connectivity index (χ4n) is 2.42. The van der Waals surface area contributed by atoms with Crippen molar-refractivity contribution in [3.8, 4) is 5.75 Å². The largest absolute Gasteiger partial charge is 0.493 e. The summed E-state index contributed by atoms with van der Waals surface area (Å²) in [4.78, 5) is 3.12. The second kappa shape index (κ2) is 5.68. The molecular formula is C16H17BrOS. The third-order valence-electron chi connectivity index (χ3n) is 3.51. The van der Waals surface area contributed by atoms with Crippen LogP contribution in [0.2, 0.25) is 0 Å². The third-order valence-corrected chi connectivity index (χ3v) is 6.13. The third kappa shape index (κ3) is 2.72. The molecule has 1 aliphatic heterocycles. The van der Waals surface area contributed by atoms with Gasteiger partial charge in [-0.2, -0.15) is 0 Å². The number of rotatable bonds is 3. The van der Waals surface area contributed by atoms with Crippen molar-refractivity contribution >= 4 is 27.3 Å². The molecule has 1 nitrogen and oxygen atoms in total. The molecule has 1 unspecified atom stereocenters. The van der Waals surface area contributed by atoms with E-state index in [1.807, 2.05) is 11.3 Å². The SMILES string of the molecule is CCc1ccc(C(Br)c2ccc3c(c2)CCCO3)s1. The molecule has 2 aromatic rings. The van der Waals surface area contributed by atoms with Gasteiger partial charge in [0.1, 0.15) is 5.75 Å². The maximum atomic E-state index is 5.67. The Morgan fingerprint density at radius 3 is 3.00 bits per heavy atom. The summed E-state index contributed by atoms with van der Waals surface area (Å²) in [6.07, 6.45) is 3.37. The van der Waals surface area contributed by atoms with E-state index in [0.717, 1.165) is 31.6 Å². The number of benzene rings is 1. The van der Waals surface area contributed by atoms with Gasteiger partial charge in [-0.1, -0.05) is 35.0 Å². The van der Waals surface area contributed by atoms with Crippen LogP contribution in [0, 0.1) is 0 Å². The van der Waals surface area contributed by atoms with Crippen molar-refractivity contribution in [1.82, 2.24) is 0 Å². The Morgan fingerprint density at radius 1 is 1.32 bits per heavy atom. The van der Waals surface area contributed by atoms with Crippen molar-refractivity contribution in [3.05, 3.63) is 51.2 Å². The number of hydrogen-bond acceptors (Lipinski definition) is 2. The minimum Gasteiger partial charge on any atom is -0.493 e. The molecule has 0 N–H and O–H groups in total. The first-order chi connectivity index (χ1) is 9.28. The fraction of sp³-hybridized carbons (Fsp3) is 0.375. The molecule has 1 aromatic heterocycles. The van der Waals surface area contributed by atoms with E-state index in [-0.39, 0.29) is 0 Å². The molecule has 1 aliphatic rings. The lowest BCUT2D eigenvalue weighted by Gasteiger charge is -2.19. The first-order valence-corrected chi connectivity index (χ1v) is 8.49. The molecule has 100 valence electrons. The van der Waals surface area contributed by atoms with Crippen LogP contribution < -0.4 is 4.74 Å². The van der Waals surface area contributed by atoms with Gasteiger partial charge < -0.3 is 4.74 Å². The molecule has 0 spiro atoms. The Morgan fingerprint density at radius 2 is 2.21 bits per heavy atom. The summed E-state index contributed by atoms with van der Waals surface area (Å²) in [5.41, 5.74) is 2.68. The van der Waals surface area contributed by atoms with Crippen LogP contribution in [0.1, 0.15) is 39.1 Å². The van der Waals surface area contributed by atoms with Crippen molar-refractivity contribution < 1.29 is 4.74 Å². The van der Waals surface area contributed by atoms with E-state index in [9.17, 15) is 0 Å². The predicted octanol–water partition coefficient (Wildman–Crippen LogP) is 5.12. The number of thiophene rings is 1. The zero-order valence-corrected chi connectivity index (χ0v) is 13.4. The zero-order valence-electron chi connectivity index (χ0n) is 11.0. The lowest BCUT2D eigenvalue weighted by Crippen LogP contribution is -2.08. The topological polar surface area (TPSA) is 9.23 Å². The Hall–Kier alpha value is -0.800. The van der Waals surface area contributed by atoms with E-state index in [1.54, 1.807) is 0 Å². The molecule has 0 radical (unpaired) electrons. The molecule has 0 aliphatic carbocycles.